The van der Waals surface area contributed by atoms with Crippen LogP contribution in [0.15, 0.2) is 24.3 Å². The molecule has 58 valence electrons. The van der Waals surface area contributed by atoms with E-state index in [0.717, 1.165) is 6.42 Å². The third kappa shape index (κ3) is 1.13. The van der Waals surface area contributed by atoms with Gasteiger partial charge in [0.2, 0.25) is 0 Å². The number of rotatable bonds is 0. The van der Waals surface area contributed by atoms with Gasteiger partial charge >= 0.3 is 74.6 Å². The van der Waals surface area contributed by atoms with Crippen LogP contribution in [0.4, 0.5) is 0 Å². The summed E-state index contributed by atoms with van der Waals surface area (Å²) < 4.78 is 0.388. The van der Waals surface area contributed by atoms with Crippen LogP contribution in [0.5, 0.6) is 0 Å². The molecule has 0 spiro atoms. The zero-order valence-corrected chi connectivity index (χ0v) is 8.62. The molecule has 2 rings (SSSR count). The van der Waals surface area contributed by atoms with Gasteiger partial charge in [0.1, 0.15) is 0 Å². The Morgan fingerprint density at radius 1 is 1.36 bits per heavy atom. The first-order chi connectivity index (χ1) is 5.29. The summed E-state index contributed by atoms with van der Waals surface area (Å²) in [6.45, 7) is 0. The predicted molar refractivity (Wildman–Crippen MR) is 47.4 cm³/mol. The van der Waals surface area contributed by atoms with Gasteiger partial charge in [0.05, 0.1) is 0 Å². The minimum absolute atomic E-state index is 0.132. The molecule has 0 fully saturated rings. The fourth-order valence-electron chi connectivity index (χ4n) is 1.60. The molecule has 1 aromatic rings. The summed E-state index contributed by atoms with van der Waals surface area (Å²) in [4.78, 5) is 0. The fraction of sp³-hybridized carbons (Fsp3) is 0.333. The molecule has 0 aliphatic heterocycles. The van der Waals surface area contributed by atoms with Crippen molar-refractivity contribution in [2.45, 2.75) is 17.2 Å². The van der Waals surface area contributed by atoms with Gasteiger partial charge in [-0.2, -0.15) is 0 Å². The molecule has 1 nitrogen and oxygen atoms in total. The number of benzene rings is 1. The summed E-state index contributed by atoms with van der Waals surface area (Å²) in [6, 6.07) is 8.32. The molecule has 3 unspecified atom stereocenters. The van der Waals surface area contributed by atoms with E-state index < -0.39 is 0 Å². The molecule has 11 heavy (non-hydrogen) atoms. The van der Waals surface area contributed by atoms with Gasteiger partial charge in [-0.3, -0.25) is 0 Å². The van der Waals surface area contributed by atoms with Gasteiger partial charge in [-0.1, -0.05) is 0 Å². The number of hydrogen-bond donors (Lipinski definition) is 1. The van der Waals surface area contributed by atoms with Crippen LogP contribution >= 0.6 is 0 Å². The van der Waals surface area contributed by atoms with E-state index in [0.29, 0.717) is 4.71 Å². The van der Waals surface area contributed by atoms with Gasteiger partial charge in [0.15, 0.2) is 0 Å². The summed E-state index contributed by atoms with van der Waals surface area (Å²) in [5.74, 6) is 0. The molecule has 0 aromatic heterocycles. The van der Waals surface area contributed by atoms with Crippen molar-refractivity contribution in [2.24, 2.45) is 0 Å². The van der Waals surface area contributed by atoms with E-state index in [1.807, 2.05) is 12.1 Å². The third-order valence-electron chi connectivity index (χ3n) is 2.26. The Bertz CT molecular complexity index is 272. The summed E-state index contributed by atoms with van der Waals surface area (Å²) in [7, 11) is 0. The third-order valence-corrected chi connectivity index (χ3v) is 3.94. The van der Waals surface area contributed by atoms with Gasteiger partial charge in [0.25, 0.3) is 0 Å². The monoisotopic (exact) mass is 210 g/mol. The standard InChI is InChI=1S/C9H11AsO/c10-9-7-4-2-1-3-6(7)5-8(9)11/h1-4,8-9,11H,5,10H2. The summed E-state index contributed by atoms with van der Waals surface area (Å²) in [6.07, 6.45) is 0.714. The minimum atomic E-state index is -0.132. The average Bonchev–Trinajstić information content (AvgIpc) is 2.30. The van der Waals surface area contributed by atoms with Crippen molar-refractivity contribution in [3.8, 4) is 0 Å². The van der Waals surface area contributed by atoms with Gasteiger partial charge in [0, 0.05) is 0 Å². The van der Waals surface area contributed by atoms with E-state index in [1.54, 1.807) is 16.9 Å². The molecule has 1 aliphatic carbocycles. The van der Waals surface area contributed by atoms with Crippen LogP contribution in [0.25, 0.3) is 0 Å². The van der Waals surface area contributed by atoms with Gasteiger partial charge in [-0.15, -0.1) is 0 Å². The molecular formula is C9H11AsO. The first kappa shape index (κ1) is 7.39. The number of hydrogen-bond acceptors (Lipinski definition) is 1. The van der Waals surface area contributed by atoms with E-state index in [2.05, 4.69) is 12.1 Å². The van der Waals surface area contributed by atoms with Gasteiger partial charge < -0.3 is 0 Å². The van der Waals surface area contributed by atoms with E-state index in [4.69, 9.17) is 0 Å². The Morgan fingerprint density at radius 3 is 2.82 bits per heavy atom. The first-order valence-corrected chi connectivity index (χ1v) is 5.20. The second-order valence-corrected chi connectivity index (χ2v) is 4.50. The van der Waals surface area contributed by atoms with Gasteiger partial charge in [-0.25, -0.2) is 0 Å². The Hall–Kier alpha value is -0.262. The molecule has 0 heterocycles. The van der Waals surface area contributed by atoms with Crippen molar-refractivity contribution in [1.29, 1.82) is 0 Å². The zero-order valence-electron chi connectivity index (χ0n) is 6.20. The summed E-state index contributed by atoms with van der Waals surface area (Å²) in [5, 5.41) is 9.53. The zero-order chi connectivity index (χ0) is 7.84. The van der Waals surface area contributed by atoms with Crippen molar-refractivity contribution in [1.82, 2.24) is 0 Å². The molecule has 0 amide bonds. The molecule has 0 bridgehead atoms. The fourth-order valence-corrected chi connectivity index (χ4v) is 2.57. The average molecular weight is 210 g/mol. The molecule has 0 saturated heterocycles. The number of aliphatic hydroxyl groups is 1. The summed E-state index contributed by atoms with van der Waals surface area (Å²) >= 11 is 1.62. The summed E-state index contributed by atoms with van der Waals surface area (Å²) in [5.41, 5.74) is 2.68. The van der Waals surface area contributed by atoms with Crippen LogP contribution in [-0.4, -0.2) is 28.1 Å². The number of fused-ring (bicyclic) bond motifs is 1. The Morgan fingerprint density at radius 2 is 2.09 bits per heavy atom. The quantitative estimate of drug-likeness (QED) is 0.610. The topological polar surface area (TPSA) is 20.2 Å². The van der Waals surface area contributed by atoms with Crippen LogP contribution in [-0.2, 0) is 6.42 Å². The van der Waals surface area contributed by atoms with Crippen molar-refractivity contribution >= 4 is 16.9 Å². The van der Waals surface area contributed by atoms with Crippen molar-refractivity contribution in [3.05, 3.63) is 35.4 Å². The Balaban J connectivity index is 2.47. The van der Waals surface area contributed by atoms with Crippen LogP contribution < -0.4 is 0 Å². The molecule has 1 aromatic carbocycles. The van der Waals surface area contributed by atoms with E-state index >= 15 is 0 Å². The first-order valence-electron chi connectivity index (χ1n) is 3.80. The van der Waals surface area contributed by atoms with Crippen LogP contribution in [0.1, 0.15) is 15.8 Å². The molecule has 1 aliphatic rings. The van der Waals surface area contributed by atoms with Gasteiger partial charge in [-0.05, 0) is 0 Å². The van der Waals surface area contributed by atoms with Crippen molar-refractivity contribution in [3.63, 3.8) is 0 Å². The molecular weight excluding hydrogens is 199 g/mol. The van der Waals surface area contributed by atoms with Crippen molar-refractivity contribution in [2.75, 3.05) is 0 Å². The van der Waals surface area contributed by atoms with E-state index in [9.17, 15) is 5.11 Å². The van der Waals surface area contributed by atoms with Crippen LogP contribution in [0.2, 0.25) is 0 Å². The van der Waals surface area contributed by atoms with Crippen LogP contribution in [0, 0.1) is 0 Å². The van der Waals surface area contributed by atoms with E-state index in [-0.39, 0.29) is 6.10 Å². The second kappa shape index (κ2) is 2.65. The molecule has 0 saturated carbocycles. The maximum atomic E-state index is 9.53. The number of aliphatic hydroxyl groups excluding tert-OH is 1. The normalized spacial score (nSPS) is 28.5. The molecule has 2 heteroatoms. The maximum absolute atomic E-state index is 9.53. The van der Waals surface area contributed by atoms with Crippen molar-refractivity contribution < 1.29 is 5.11 Å². The predicted octanol–water partition coefficient (Wildman–Crippen LogP) is 0.278. The second-order valence-electron chi connectivity index (χ2n) is 3.00. The molecule has 3 atom stereocenters. The Labute approximate surface area is 74.9 Å². The molecule has 0 radical (unpaired) electrons. The Kier molecular flexibility index (Phi) is 1.78. The van der Waals surface area contributed by atoms with E-state index in [1.165, 1.54) is 11.1 Å². The van der Waals surface area contributed by atoms with Crippen LogP contribution in [0.3, 0.4) is 0 Å². The molecule has 1 N–H and O–H groups in total. The SMILES string of the molecule is OC1Cc2ccccc2C1[AsH2].